The number of hydrogen-bond donors (Lipinski definition) is 0. The first-order valence-corrected chi connectivity index (χ1v) is 13.7. The first-order valence-electron chi connectivity index (χ1n) is 11.8. The van der Waals surface area contributed by atoms with E-state index in [-0.39, 0.29) is 45.2 Å². The number of hydrogen-bond acceptors (Lipinski definition) is 9. The largest absolute Gasteiger partial charge is 0.457 e. The van der Waals surface area contributed by atoms with E-state index in [1.807, 2.05) is 0 Å². The Morgan fingerprint density at radius 1 is 1.03 bits per heavy atom. The van der Waals surface area contributed by atoms with Gasteiger partial charge in [-0.25, -0.2) is 13.2 Å². The number of esters is 2. The van der Waals surface area contributed by atoms with Crippen molar-refractivity contribution in [3.8, 4) is 0 Å². The highest BCUT2D eigenvalue weighted by molar-refractivity contribution is 7.88. The van der Waals surface area contributed by atoms with Crippen LogP contribution >= 0.6 is 0 Å². The number of carbonyl (C=O) groups excluding carboxylic acids is 4. The van der Waals surface area contributed by atoms with Crippen LogP contribution in [0.15, 0.2) is 24.3 Å². The fourth-order valence-electron chi connectivity index (χ4n) is 4.04. The van der Waals surface area contributed by atoms with Crippen molar-refractivity contribution in [2.45, 2.75) is 45.5 Å². The van der Waals surface area contributed by atoms with Gasteiger partial charge in [0.1, 0.15) is 5.60 Å². The normalized spacial score (nSPS) is 20.4. The van der Waals surface area contributed by atoms with Crippen LogP contribution in [0.25, 0.3) is 0 Å². The highest BCUT2D eigenvalue weighted by Crippen LogP contribution is 2.24. The number of sulfonamides is 1. The molecule has 0 unspecified atom stereocenters. The molecule has 0 spiro atoms. The maximum absolute atomic E-state index is 13.3. The molecule has 0 aromatic heterocycles. The zero-order valence-corrected chi connectivity index (χ0v) is 22.4. The monoisotopic (exact) mass is 539 g/mol. The fourth-order valence-corrected chi connectivity index (χ4v) is 4.87. The minimum atomic E-state index is -3.30. The highest BCUT2D eigenvalue weighted by atomic mass is 32.2. The lowest BCUT2D eigenvalue weighted by molar-refractivity contribution is -0.188. The zero-order chi connectivity index (χ0) is 27.5. The summed E-state index contributed by atoms with van der Waals surface area (Å²) in [5, 5.41) is 0. The predicted molar refractivity (Wildman–Crippen MR) is 132 cm³/mol. The molecule has 3 rings (SSSR count). The standard InChI is InChI=1S/C24H33N3O9S/c1-16(28)35-20(23(31)36-24(2,3)4)19-22(30)27(14-15-34-19)18-8-6-17(7-9-18)21(29)25-10-12-26(13-11-25)37(5,32)33/h6-9,19-20H,10-15H2,1-5H3/t19-,20-/m1/s1. The average molecular weight is 540 g/mol. The van der Waals surface area contributed by atoms with Crippen molar-refractivity contribution in [2.24, 2.45) is 0 Å². The Morgan fingerprint density at radius 2 is 1.62 bits per heavy atom. The number of anilines is 1. The van der Waals surface area contributed by atoms with E-state index in [0.717, 1.165) is 13.2 Å². The molecule has 0 N–H and O–H groups in total. The smallest absolute Gasteiger partial charge is 0.351 e. The Balaban J connectivity index is 1.72. The third-order valence-corrected chi connectivity index (χ3v) is 7.05. The van der Waals surface area contributed by atoms with E-state index < -0.39 is 45.7 Å². The van der Waals surface area contributed by atoms with E-state index in [1.54, 1.807) is 49.9 Å². The third-order valence-electron chi connectivity index (χ3n) is 5.75. The SMILES string of the molecule is CC(=O)O[C@@H](C(=O)OC(C)(C)C)[C@H]1OCCN(c2ccc(C(=O)N3CCN(S(C)(=O)=O)CC3)cc2)C1=O. The van der Waals surface area contributed by atoms with Crippen LogP contribution in [0.2, 0.25) is 0 Å². The summed E-state index contributed by atoms with van der Waals surface area (Å²) in [5.74, 6) is -2.48. The first-order chi connectivity index (χ1) is 17.2. The number of piperazine rings is 1. The maximum atomic E-state index is 13.3. The van der Waals surface area contributed by atoms with E-state index in [0.29, 0.717) is 11.3 Å². The van der Waals surface area contributed by atoms with Gasteiger partial charge in [-0.1, -0.05) is 0 Å². The number of amides is 2. The van der Waals surface area contributed by atoms with Gasteiger partial charge in [-0.15, -0.1) is 0 Å². The summed E-state index contributed by atoms with van der Waals surface area (Å²) in [6.07, 6.45) is -1.82. The van der Waals surface area contributed by atoms with Crippen LogP contribution < -0.4 is 4.90 Å². The molecule has 2 atom stereocenters. The molecule has 1 aromatic rings. The Kier molecular flexibility index (Phi) is 8.60. The van der Waals surface area contributed by atoms with Gasteiger partial charge in [0.25, 0.3) is 11.8 Å². The van der Waals surface area contributed by atoms with E-state index in [2.05, 4.69) is 0 Å². The molecule has 0 radical (unpaired) electrons. The van der Waals surface area contributed by atoms with Gasteiger partial charge in [0.15, 0.2) is 6.10 Å². The van der Waals surface area contributed by atoms with Crippen LogP contribution in [-0.2, 0) is 38.6 Å². The van der Waals surface area contributed by atoms with E-state index in [4.69, 9.17) is 14.2 Å². The fraction of sp³-hybridized carbons (Fsp3) is 0.583. The molecule has 2 amide bonds. The molecule has 12 nitrogen and oxygen atoms in total. The summed E-state index contributed by atoms with van der Waals surface area (Å²) in [6, 6.07) is 6.37. The van der Waals surface area contributed by atoms with E-state index in [1.165, 1.54) is 9.21 Å². The Bertz CT molecular complexity index is 1140. The number of morpholine rings is 1. The lowest BCUT2D eigenvalue weighted by atomic mass is 10.1. The topological polar surface area (TPSA) is 140 Å². The van der Waals surface area contributed by atoms with Crippen molar-refractivity contribution >= 4 is 39.5 Å². The molecule has 37 heavy (non-hydrogen) atoms. The number of ether oxygens (including phenoxy) is 3. The average Bonchev–Trinajstić information content (AvgIpc) is 2.81. The van der Waals surface area contributed by atoms with Gasteiger partial charge in [-0.3, -0.25) is 14.4 Å². The van der Waals surface area contributed by atoms with E-state index >= 15 is 0 Å². The van der Waals surface area contributed by atoms with Gasteiger partial charge in [0.2, 0.25) is 16.1 Å². The molecular formula is C24H33N3O9S. The second-order valence-corrected chi connectivity index (χ2v) is 11.8. The molecule has 2 saturated heterocycles. The highest BCUT2D eigenvalue weighted by Gasteiger charge is 2.44. The summed E-state index contributed by atoms with van der Waals surface area (Å²) in [7, 11) is -3.30. The van der Waals surface area contributed by atoms with Crippen molar-refractivity contribution < 1.29 is 41.8 Å². The van der Waals surface area contributed by atoms with Crippen LogP contribution in [0.1, 0.15) is 38.1 Å². The Labute approximate surface area is 216 Å². The van der Waals surface area contributed by atoms with Crippen molar-refractivity contribution in [1.82, 2.24) is 9.21 Å². The van der Waals surface area contributed by atoms with Crippen LogP contribution in [0, 0.1) is 0 Å². The molecule has 0 aliphatic carbocycles. The van der Waals surface area contributed by atoms with Gasteiger partial charge in [0, 0.05) is 50.9 Å². The Morgan fingerprint density at radius 3 is 2.14 bits per heavy atom. The molecule has 13 heteroatoms. The summed E-state index contributed by atoms with van der Waals surface area (Å²) in [6.45, 7) is 7.37. The van der Waals surface area contributed by atoms with Gasteiger partial charge in [-0.2, -0.15) is 4.31 Å². The molecule has 2 heterocycles. The van der Waals surface area contributed by atoms with Gasteiger partial charge < -0.3 is 24.0 Å². The Hall–Kier alpha value is -3.03. The van der Waals surface area contributed by atoms with Crippen molar-refractivity contribution in [3.05, 3.63) is 29.8 Å². The zero-order valence-electron chi connectivity index (χ0n) is 21.6. The summed E-state index contributed by atoms with van der Waals surface area (Å²) in [5.41, 5.74) is -0.00459. The molecule has 0 saturated carbocycles. The molecule has 2 aliphatic heterocycles. The summed E-state index contributed by atoms with van der Waals surface area (Å²) >= 11 is 0. The molecule has 0 bridgehead atoms. The number of carbonyl (C=O) groups is 4. The lowest BCUT2D eigenvalue weighted by Gasteiger charge is -2.36. The molecular weight excluding hydrogens is 506 g/mol. The lowest BCUT2D eigenvalue weighted by Crippen LogP contribution is -2.56. The second kappa shape index (κ2) is 11.2. The minimum Gasteiger partial charge on any atom is -0.457 e. The summed E-state index contributed by atoms with van der Waals surface area (Å²) in [4.78, 5) is 53.5. The molecule has 2 aliphatic rings. The number of nitrogens with zero attached hydrogens (tertiary/aromatic N) is 3. The van der Waals surface area contributed by atoms with Crippen LogP contribution in [-0.4, -0.2) is 105 Å². The maximum Gasteiger partial charge on any atom is 0.351 e. The minimum absolute atomic E-state index is 0.0856. The van der Waals surface area contributed by atoms with Crippen molar-refractivity contribution in [1.29, 1.82) is 0 Å². The molecule has 1 aromatic carbocycles. The predicted octanol–water partition coefficient (Wildman–Crippen LogP) is 0.409. The van der Waals surface area contributed by atoms with Gasteiger partial charge in [-0.05, 0) is 45.0 Å². The van der Waals surface area contributed by atoms with Gasteiger partial charge in [0.05, 0.1) is 12.9 Å². The van der Waals surface area contributed by atoms with Crippen LogP contribution in [0.5, 0.6) is 0 Å². The summed E-state index contributed by atoms with van der Waals surface area (Å²) < 4.78 is 40.7. The third kappa shape index (κ3) is 7.27. The van der Waals surface area contributed by atoms with Crippen molar-refractivity contribution in [2.75, 3.05) is 50.5 Å². The number of benzene rings is 1. The number of rotatable bonds is 6. The van der Waals surface area contributed by atoms with E-state index in [9.17, 15) is 27.6 Å². The van der Waals surface area contributed by atoms with Gasteiger partial charge >= 0.3 is 11.9 Å². The van der Waals surface area contributed by atoms with Crippen LogP contribution in [0.3, 0.4) is 0 Å². The quantitative estimate of drug-likeness (QED) is 0.470. The first kappa shape index (κ1) is 28.5. The van der Waals surface area contributed by atoms with Crippen LogP contribution in [0.4, 0.5) is 5.69 Å². The molecule has 2 fully saturated rings. The van der Waals surface area contributed by atoms with Crippen molar-refractivity contribution in [3.63, 3.8) is 0 Å². The molecule has 204 valence electrons. The second-order valence-electron chi connectivity index (χ2n) is 9.85.